The Bertz CT molecular complexity index is 706. The van der Waals surface area contributed by atoms with E-state index in [1.54, 1.807) is 6.20 Å². The molecule has 2 N–H and O–H groups in total. The van der Waals surface area contributed by atoms with Crippen LogP contribution in [0, 0.1) is 5.92 Å². The van der Waals surface area contributed by atoms with Crippen LogP contribution in [-0.4, -0.2) is 41.1 Å². The molecule has 1 aliphatic heterocycles. The van der Waals surface area contributed by atoms with E-state index in [0.29, 0.717) is 24.0 Å². The number of carbonyl (C=O) groups excluding carboxylic acids is 1. The lowest BCUT2D eigenvalue weighted by molar-refractivity contribution is 0.168. The zero-order valence-electron chi connectivity index (χ0n) is 15.1. The Morgan fingerprint density at radius 3 is 2.84 bits per heavy atom. The zero-order valence-corrected chi connectivity index (χ0v) is 15.1. The first kappa shape index (κ1) is 17.5. The number of hydrogen-bond donors (Lipinski definition) is 2. The largest absolute Gasteiger partial charge is 0.444 e. The molecule has 2 aromatic rings. The molecule has 25 heavy (non-hydrogen) atoms. The number of benzene rings is 1. The molecule has 1 aromatic carbocycles. The topological polar surface area (TPSA) is 70.4 Å². The van der Waals surface area contributed by atoms with E-state index < -0.39 is 0 Å². The number of para-hydroxylation sites is 1. The van der Waals surface area contributed by atoms with E-state index in [-0.39, 0.29) is 11.6 Å². The van der Waals surface area contributed by atoms with Crippen molar-refractivity contribution in [2.45, 2.75) is 32.7 Å². The normalized spacial score (nSPS) is 18.3. The molecule has 1 unspecified atom stereocenters. The van der Waals surface area contributed by atoms with Crippen LogP contribution < -0.4 is 10.6 Å². The smallest absolute Gasteiger partial charge is 0.319 e. The third kappa shape index (κ3) is 4.39. The summed E-state index contributed by atoms with van der Waals surface area (Å²) >= 11 is 0. The number of oxazole rings is 1. The van der Waals surface area contributed by atoms with Gasteiger partial charge < -0.3 is 15.1 Å². The Morgan fingerprint density at radius 2 is 2.16 bits per heavy atom. The van der Waals surface area contributed by atoms with E-state index in [9.17, 15) is 4.79 Å². The van der Waals surface area contributed by atoms with Gasteiger partial charge in [0.1, 0.15) is 6.26 Å². The number of amides is 2. The van der Waals surface area contributed by atoms with Crippen molar-refractivity contribution < 1.29 is 9.21 Å². The molecule has 1 saturated heterocycles. The highest BCUT2D eigenvalue weighted by molar-refractivity contribution is 5.93. The van der Waals surface area contributed by atoms with Crippen LogP contribution in [0.5, 0.6) is 0 Å². The van der Waals surface area contributed by atoms with Crippen molar-refractivity contribution in [3.63, 3.8) is 0 Å². The SMILES string of the molecule is CC(C)(C)N1CCC(CNC(=O)Nc2ccccc2-c2ncco2)C1. The molecule has 0 spiro atoms. The van der Waals surface area contributed by atoms with Gasteiger partial charge >= 0.3 is 6.03 Å². The first-order valence-electron chi connectivity index (χ1n) is 8.72. The van der Waals surface area contributed by atoms with E-state index in [1.165, 1.54) is 6.26 Å². The number of likely N-dealkylation sites (tertiary alicyclic amines) is 1. The predicted octanol–water partition coefficient (Wildman–Crippen LogP) is 3.58. The second-order valence-electron chi connectivity index (χ2n) is 7.49. The number of nitrogens with zero attached hydrogens (tertiary/aromatic N) is 2. The van der Waals surface area contributed by atoms with Crippen molar-refractivity contribution in [3.8, 4) is 11.5 Å². The quantitative estimate of drug-likeness (QED) is 0.891. The number of nitrogens with one attached hydrogen (secondary N) is 2. The summed E-state index contributed by atoms with van der Waals surface area (Å²) < 4.78 is 5.34. The lowest BCUT2D eigenvalue weighted by atomic mass is 10.1. The molecule has 0 saturated carbocycles. The summed E-state index contributed by atoms with van der Waals surface area (Å²) in [5.74, 6) is 0.986. The third-order valence-corrected chi connectivity index (χ3v) is 4.62. The molecule has 1 aliphatic rings. The summed E-state index contributed by atoms with van der Waals surface area (Å²) in [5, 5.41) is 5.89. The molecule has 0 aliphatic carbocycles. The van der Waals surface area contributed by atoms with E-state index >= 15 is 0 Å². The molecule has 134 valence electrons. The average molecular weight is 342 g/mol. The summed E-state index contributed by atoms with van der Waals surface area (Å²) in [4.78, 5) is 18.9. The first-order chi connectivity index (χ1) is 11.9. The van der Waals surface area contributed by atoms with Gasteiger partial charge in [-0.1, -0.05) is 12.1 Å². The molecular weight excluding hydrogens is 316 g/mol. The van der Waals surface area contributed by atoms with Gasteiger partial charge in [-0.3, -0.25) is 4.90 Å². The van der Waals surface area contributed by atoms with Crippen molar-refractivity contribution in [1.29, 1.82) is 0 Å². The number of carbonyl (C=O) groups is 1. The lowest BCUT2D eigenvalue weighted by Crippen LogP contribution is -2.40. The summed E-state index contributed by atoms with van der Waals surface area (Å²) in [6, 6.07) is 7.28. The lowest BCUT2D eigenvalue weighted by Gasteiger charge is -2.31. The van der Waals surface area contributed by atoms with Crippen molar-refractivity contribution in [2.24, 2.45) is 5.92 Å². The van der Waals surface area contributed by atoms with E-state index in [0.717, 1.165) is 25.1 Å². The number of urea groups is 1. The van der Waals surface area contributed by atoms with Crippen LogP contribution in [0.25, 0.3) is 11.5 Å². The second kappa shape index (κ2) is 7.27. The Balaban J connectivity index is 1.54. The molecule has 0 bridgehead atoms. The van der Waals surface area contributed by atoms with Crippen LogP contribution in [0.15, 0.2) is 41.1 Å². The molecule has 6 heteroatoms. The Morgan fingerprint density at radius 1 is 1.36 bits per heavy atom. The summed E-state index contributed by atoms with van der Waals surface area (Å²) in [6.07, 6.45) is 4.23. The van der Waals surface area contributed by atoms with Gasteiger partial charge in [-0.15, -0.1) is 0 Å². The van der Waals surface area contributed by atoms with Crippen LogP contribution in [0.3, 0.4) is 0 Å². The summed E-state index contributed by atoms with van der Waals surface area (Å²) in [6.45, 7) is 9.49. The fraction of sp³-hybridized carbons (Fsp3) is 0.474. The minimum atomic E-state index is -0.201. The Kier molecular flexibility index (Phi) is 5.08. The van der Waals surface area contributed by atoms with E-state index in [1.807, 2.05) is 24.3 Å². The van der Waals surface area contributed by atoms with E-state index in [4.69, 9.17) is 4.42 Å². The molecule has 1 fully saturated rings. The van der Waals surface area contributed by atoms with Crippen molar-refractivity contribution in [2.75, 3.05) is 25.0 Å². The Labute approximate surface area is 148 Å². The molecule has 2 heterocycles. The average Bonchev–Trinajstić information content (AvgIpc) is 3.25. The molecule has 0 radical (unpaired) electrons. The maximum atomic E-state index is 12.3. The molecule has 3 rings (SSSR count). The molecule has 1 atom stereocenters. The van der Waals surface area contributed by atoms with Crippen LogP contribution in [0.1, 0.15) is 27.2 Å². The van der Waals surface area contributed by atoms with Gasteiger partial charge in [-0.05, 0) is 51.8 Å². The number of hydrogen-bond acceptors (Lipinski definition) is 4. The fourth-order valence-corrected chi connectivity index (χ4v) is 3.15. The minimum Gasteiger partial charge on any atom is -0.444 e. The number of anilines is 1. The van der Waals surface area contributed by atoms with Gasteiger partial charge in [-0.2, -0.15) is 0 Å². The van der Waals surface area contributed by atoms with Gasteiger partial charge in [0.2, 0.25) is 5.89 Å². The first-order valence-corrected chi connectivity index (χ1v) is 8.72. The van der Waals surface area contributed by atoms with Gasteiger partial charge in [0, 0.05) is 18.6 Å². The highest BCUT2D eigenvalue weighted by Crippen LogP contribution is 2.26. The van der Waals surface area contributed by atoms with Crippen molar-refractivity contribution in [1.82, 2.24) is 15.2 Å². The number of rotatable bonds is 4. The van der Waals surface area contributed by atoms with Gasteiger partial charge in [0.05, 0.1) is 17.4 Å². The molecule has 6 nitrogen and oxygen atoms in total. The molecule has 2 amide bonds. The third-order valence-electron chi connectivity index (χ3n) is 4.62. The predicted molar refractivity (Wildman–Crippen MR) is 98.4 cm³/mol. The highest BCUT2D eigenvalue weighted by Gasteiger charge is 2.30. The van der Waals surface area contributed by atoms with E-state index in [2.05, 4.69) is 41.3 Å². The van der Waals surface area contributed by atoms with Crippen molar-refractivity contribution in [3.05, 3.63) is 36.7 Å². The van der Waals surface area contributed by atoms with Crippen molar-refractivity contribution >= 4 is 11.7 Å². The highest BCUT2D eigenvalue weighted by atomic mass is 16.3. The molecule has 1 aromatic heterocycles. The maximum absolute atomic E-state index is 12.3. The van der Waals surface area contributed by atoms with Crippen LogP contribution in [0.4, 0.5) is 10.5 Å². The maximum Gasteiger partial charge on any atom is 0.319 e. The zero-order chi connectivity index (χ0) is 17.9. The van der Waals surface area contributed by atoms with Crippen LogP contribution in [-0.2, 0) is 0 Å². The molecular formula is C19H26N4O2. The van der Waals surface area contributed by atoms with Gasteiger partial charge in [0.15, 0.2) is 0 Å². The Hall–Kier alpha value is -2.34. The second-order valence-corrected chi connectivity index (χ2v) is 7.49. The van der Waals surface area contributed by atoms with Gasteiger partial charge in [0.25, 0.3) is 0 Å². The monoisotopic (exact) mass is 342 g/mol. The fourth-order valence-electron chi connectivity index (χ4n) is 3.15. The van der Waals surface area contributed by atoms with Crippen LogP contribution >= 0.6 is 0 Å². The summed E-state index contributed by atoms with van der Waals surface area (Å²) in [5.41, 5.74) is 1.64. The number of aromatic nitrogens is 1. The minimum absolute atomic E-state index is 0.186. The van der Waals surface area contributed by atoms with Crippen LogP contribution in [0.2, 0.25) is 0 Å². The summed E-state index contributed by atoms with van der Waals surface area (Å²) in [7, 11) is 0. The standard InChI is InChI=1S/C19H26N4O2/c1-19(2,3)23-10-8-14(13-23)12-21-18(24)22-16-7-5-4-6-15(16)17-20-9-11-25-17/h4-7,9,11,14H,8,10,12-13H2,1-3H3,(H2,21,22,24). The van der Waals surface area contributed by atoms with Gasteiger partial charge in [-0.25, -0.2) is 9.78 Å².